The summed E-state index contributed by atoms with van der Waals surface area (Å²) in [5.41, 5.74) is 9.89. The molecular weight excluding hydrogens is 196 g/mol. The summed E-state index contributed by atoms with van der Waals surface area (Å²) in [6.45, 7) is 4.16. The molecule has 2 rings (SSSR count). The predicted octanol–water partition coefficient (Wildman–Crippen LogP) is 3.21. The van der Waals surface area contributed by atoms with Gasteiger partial charge in [-0.2, -0.15) is 0 Å². The quantitative estimate of drug-likeness (QED) is 0.598. The van der Waals surface area contributed by atoms with E-state index in [1.165, 1.54) is 30.4 Å². The van der Waals surface area contributed by atoms with Crippen LogP contribution in [-0.4, -0.2) is 5.84 Å². The zero-order chi connectivity index (χ0) is 11.5. The number of aryl methyl sites for hydroxylation is 1. The fourth-order valence-corrected chi connectivity index (χ4v) is 2.13. The summed E-state index contributed by atoms with van der Waals surface area (Å²) < 4.78 is 0. The van der Waals surface area contributed by atoms with Crippen LogP contribution in [0.2, 0.25) is 0 Å². The average Bonchev–Trinajstić information content (AvgIpc) is 2.29. The molecule has 0 amide bonds. The first-order chi connectivity index (χ1) is 7.68. The van der Waals surface area contributed by atoms with Gasteiger partial charge in [0, 0.05) is 5.92 Å². The Morgan fingerprint density at radius 2 is 2.00 bits per heavy atom. The predicted molar refractivity (Wildman–Crippen MR) is 69.2 cm³/mol. The number of benzene rings is 1. The summed E-state index contributed by atoms with van der Waals surface area (Å²) >= 11 is 0. The van der Waals surface area contributed by atoms with Crippen molar-refractivity contribution < 1.29 is 0 Å². The highest BCUT2D eigenvalue weighted by Crippen LogP contribution is 2.29. The van der Waals surface area contributed by atoms with Crippen molar-refractivity contribution >= 4 is 11.5 Å². The molecule has 1 aromatic carbocycles. The van der Waals surface area contributed by atoms with Crippen molar-refractivity contribution in [2.24, 2.45) is 16.6 Å². The summed E-state index contributed by atoms with van der Waals surface area (Å²) in [7, 11) is 0. The summed E-state index contributed by atoms with van der Waals surface area (Å²) in [6.07, 6.45) is 4.93. The monoisotopic (exact) mass is 216 g/mol. The molecule has 0 aromatic heterocycles. The van der Waals surface area contributed by atoms with Crippen molar-refractivity contribution in [3.05, 3.63) is 29.3 Å². The Morgan fingerprint density at radius 1 is 1.25 bits per heavy atom. The minimum absolute atomic E-state index is 0.319. The van der Waals surface area contributed by atoms with E-state index in [-0.39, 0.29) is 0 Å². The molecule has 2 nitrogen and oxygen atoms in total. The van der Waals surface area contributed by atoms with Crippen molar-refractivity contribution in [1.82, 2.24) is 0 Å². The third kappa shape index (κ3) is 2.26. The van der Waals surface area contributed by atoms with Crippen LogP contribution < -0.4 is 5.73 Å². The van der Waals surface area contributed by atoms with Gasteiger partial charge in [0.05, 0.1) is 5.69 Å². The van der Waals surface area contributed by atoms with Crippen LogP contribution in [0, 0.1) is 5.92 Å². The van der Waals surface area contributed by atoms with Gasteiger partial charge in [-0.05, 0) is 42.9 Å². The van der Waals surface area contributed by atoms with E-state index in [0.717, 1.165) is 17.9 Å². The Morgan fingerprint density at radius 3 is 2.75 bits per heavy atom. The molecule has 0 saturated carbocycles. The number of amidine groups is 1. The van der Waals surface area contributed by atoms with E-state index in [9.17, 15) is 0 Å². The van der Waals surface area contributed by atoms with Gasteiger partial charge >= 0.3 is 0 Å². The second-order valence-electron chi connectivity index (χ2n) is 4.81. The standard InChI is InChI=1S/C14H20N2/c1-10(2)14(15)16-13-9-5-7-11-6-3-4-8-12(11)13/h5,7,9-10H,3-4,6,8H2,1-2H3,(H2,15,16). The topological polar surface area (TPSA) is 38.4 Å². The lowest BCUT2D eigenvalue weighted by Gasteiger charge is -2.17. The lowest BCUT2D eigenvalue weighted by Crippen LogP contribution is -2.18. The third-order valence-corrected chi connectivity index (χ3v) is 3.21. The highest BCUT2D eigenvalue weighted by Gasteiger charge is 2.12. The Bertz CT molecular complexity index is 405. The number of hydrogen-bond donors (Lipinski definition) is 1. The lowest BCUT2D eigenvalue weighted by molar-refractivity contribution is 0.686. The molecule has 0 aliphatic heterocycles. The molecule has 1 aliphatic carbocycles. The summed E-state index contributed by atoms with van der Waals surface area (Å²) in [5, 5.41) is 0. The number of hydrogen-bond acceptors (Lipinski definition) is 1. The molecular formula is C14H20N2. The maximum atomic E-state index is 5.93. The molecule has 2 heteroatoms. The molecule has 1 aromatic rings. The number of rotatable bonds is 2. The molecule has 1 aliphatic rings. The highest BCUT2D eigenvalue weighted by molar-refractivity contribution is 5.85. The third-order valence-electron chi connectivity index (χ3n) is 3.21. The maximum Gasteiger partial charge on any atom is 0.102 e. The number of nitrogens with zero attached hydrogens (tertiary/aromatic N) is 1. The van der Waals surface area contributed by atoms with Gasteiger partial charge in [-0.25, -0.2) is 4.99 Å². The van der Waals surface area contributed by atoms with Crippen molar-refractivity contribution in [2.45, 2.75) is 39.5 Å². The van der Waals surface area contributed by atoms with Crippen molar-refractivity contribution in [3.63, 3.8) is 0 Å². The Labute approximate surface area is 97.6 Å². The molecule has 16 heavy (non-hydrogen) atoms. The van der Waals surface area contributed by atoms with Crippen LogP contribution in [-0.2, 0) is 12.8 Å². The van der Waals surface area contributed by atoms with Gasteiger partial charge in [0.1, 0.15) is 5.84 Å². The van der Waals surface area contributed by atoms with E-state index in [2.05, 4.69) is 37.0 Å². The van der Waals surface area contributed by atoms with Gasteiger partial charge in [0.15, 0.2) is 0 Å². The van der Waals surface area contributed by atoms with Crippen LogP contribution in [0.15, 0.2) is 23.2 Å². The van der Waals surface area contributed by atoms with Crippen LogP contribution >= 0.6 is 0 Å². The van der Waals surface area contributed by atoms with E-state index in [0.29, 0.717) is 5.92 Å². The van der Waals surface area contributed by atoms with Gasteiger partial charge < -0.3 is 5.73 Å². The van der Waals surface area contributed by atoms with Crippen LogP contribution in [0.5, 0.6) is 0 Å². The molecule has 0 unspecified atom stereocenters. The first-order valence-electron chi connectivity index (χ1n) is 6.13. The smallest absolute Gasteiger partial charge is 0.102 e. The molecule has 0 atom stereocenters. The molecule has 2 N–H and O–H groups in total. The number of fused-ring (bicyclic) bond motifs is 1. The van der Waals surface area contributed by atoms with E-state index in [1.807, 2.05) is 0 Å². The minimum atomic E-state index is 0.319. The van der Waals surface area contributed by atoms with Crippen LogP contribution in [0.25, 0.3) is 0 Å². The second-order valence-corrected chi connectivity index (χ2v) is 4.81. The summed E-state index contributed by atoms with van der Waals surface area (Å²) in [6, 6.07) is 6.40. The fraction of sp³-hybridized carbons (Fsp3) is 0.500. The van der Waals surface area contributed by atoms with Gasteiger partial charge in [0.2, 0.25) is 0 Å². The molecule has 0 bridgehead atoms. The molecule has 0 heterocycles. The number of nitrogens with two attached hydrogens (primary N) is 1. The molecule has 0 radical (unpaired) electrons. The molecule has 0 fully saturated rings. The van der Waals surface area contributed by atoms with Crippen molar-refractivity contribution in [3.8, 4) is 0 Å². The molecule has 86 valence electrons. The Hall–Kier alpha value is -1.31. The minimum Gasteiger partial charge on any atom is -0.387 e. The van der Waals surface area contributed by atoms with Crippen LogP contribution in [0.3, 0.4) is 0 Å². The van der Waals surface area contributed by atoms with Gasteiger partial charge in [-0.1, -0.05) is 26.0 Å². The summed E-state index contributed by atoms with van der Waals surface area (Å²) in [4.78, 5) is 4.57. The van der Waals surface area contributed by atoms with E-state index in [1.54, 1.807) is 0 Å². The summed E-state index contributed by atoms with van der Waals surface area (Å²) in [5.74, 6) is 1.05. The van der Waals surface area contributed by atoms with Gasteiger partial charge in [-0.3, -0.25) is 0 Å². The Balaban J connectivity index is 2.38. The van der Waals surface area contributed by atoms with E-state index >= 15 is 0 Å². The zero-order valence-corrected chi connectivity index (χ0v) is 10.2. The average molecular weight is 216 g/mol. The largest absolute Gasteiger partial charge is 0.387 e. The SMILES string of the molecule is CC(C)C(N)=Nc1cccc2c1CCCC2. The number of aliphatic imine (C=N–C) groups is 1. The lowest BCUT2D eigenvalue weighted by atomic mass is 9.90. The molecule has 0 saturated heterocycles. The van der Waals surface area contributed by atoms with Crippen molar-refractivity contribution in [2.75, 3.05) is 0 Å². The van der Waals surface area contributed by atoms with Gasteiger partial charge in [-0.15, -0.1) is 0 Å². The van der Waals surface area contributed by atoms with Crippen LogP contribution in [0.4, 0.5) is 5.69 Å². The van der Waals surface area contributed by atoms with Gasteiger partial charge in [0.25, 0.3) is 0 Å². The normalized spacial score (nSPS) is 16.3. The highest BCUT2D eigenvalue weighted by atomic mass is 14.9. The second kappa shape index (κ2) is 4.69. The van der Waals surface area contributed by atoms with Crippen molar-refractivity contribution in [1.29, 1.82) is 0 Å². The fourth-order valence-electron chi connectivity index (χ4n) is 2.13. The Kier molecular flexibility index (Phi) is 3.28. The van der Waals surface area contributed by atoms with E-state index < -0.39 is 0 Å². The van der Waals surface area contributed by atoms with E-state index in [4.69, 9.17) is 5.73 Å². The maximum absolute atomic E-state index is 5.93. The molecule has 0 spiro atoms. The first-order valence-corrected chi connectivity index (χ1v) is 6.13. The van der Waals surface area contributed by atoms with Crippen LogP contribution in [0.1, 0.15) is 37.8 Å². The zero-order valence-electron chi connectivity index (χ0n) is 10.2. The first kappa shape index (κ1) is 11.2.